The van der Waals surface area contributed by atoms with Crippen molar-refractivity contribution in [2.75, 3.05) is 23.8 Å². The summed E-state index contributed by atoms with van der Waals surface area (Å²) in [5, 5.41) is 6.03. The van der Waals surface area contributed by atoms with E-state index in [-0.39, 0.29) is 12.5 Å². The molecule has 0 aromatic heterocycles. The number of hydrogen-bond donors (Lipinski definition) is 2. The molecule has 0 unspecified atom stereocenters. The van der Waals surface area contributed by atoms with E-state index >= 15 is 0 Å². The summed E-state index contributed by atoms with van der Waals surface area (Å²) >= 11 is 0. The van der Waals surface area contributed by atoms with Crippen LogP contribution in [0, 0.1) is 19.8 Å². The molecule has 2 aromatic rings. The van der Waals surface area contributed by atoms with Gasteiger partial charge in [-0.05, 0) is 67.3 Å². The minimum Gasteiger partial charge on any atom is -0.493 e. The quantitative estimate of drug-likeness (QED) is 0.793. The van der Waals surface area contributed by atoms with Crippen LogP contribution in [0.25, 0.3) is 0 Å². The van der Waals surface area contributed by atoms with Gasteiger partial charge in [-0.3, -0.25) is 4.79 Å². The Morgan fingerprint density at radius 1 is 1.00 bits per heavy atom. The van der Waals surface area contributed by atoms with E-state index in [0.29, 0.717) is 12.5 Å². The molecule has 0 bridgehead atoms. The van der Waals surface area contributed by atoms with Crippen molar-refractivity contribution in [2.24, 2.45) is 5.92 Å². The fourth-order valence-corrected chi connectivity index (χ4v) is 2.37. The van der Waals surface area contributed by atoms with E-state index in [1.165, 1.54) is 0 Å². The monoisotopic (exact) mass is 326 g/mol. The first-order valence-electron chi connectivity index (χ1n) is 8.27. The van der Waals surface area contributed by atoms with Gasteiger partial charge in [0.15, 0.2) is 0 Å². The molecule has 0 saturated carbocycles. The zero-order chi connectivity index (χ0) is 17.5. The lowest BCUT2D eigenvalue weighted by Gasteiger charge is -2.11. The average molecular weight is 326 g/mol. The molecule has 1 amide bonds. The molecular weight excluding hydrogens is 300 g/mol. The lowest BCUT2D eigenvalue weighted by molar-refractivity contribution is -0.114. The van der Waals surface area contributed by atoms with Crippen LogP contribution in [0.2, 0.25) is 0 Å². The summed E-state index contributed by atoms with van der Waals surface area (Å²) in [6, 6.07) is 13.7. The maximum atomic E-state index is 12.1. The Hall–Kier alpha value is -2.49. The van der Waals surface area contributed by atoms with E-state index in [9.17, 15) is 4.79 Å². The van der Waals surface area contributed by atoms with Crippen LogP contribution in [-0.2, 0) is 4.79 Å². The van der Waals surface area contributed by atoms with Gasteiger partial charge < -0.3 is 15.4 Å². The molecule has 0 saturated heterocycles. The zero-order valence-electron chi connectivity index (χ0n) is 14.8. The molecule has 0 radical (unpaired) electrons. The van der Waals surface area contributed by atoms with E-state index in [1.54, 1.807) is 0 Å². The molecule has 0 heterocycles. The van der Waals surface area contributed by atoms with E-state index in [4.69, 9.17) is 4.74 Å². The van der Waals surface area contributed by atoms with Crippen molar-refractivity contribution < 1.29 is 9.53 Å². The lowest BCUT2D eigenvalue weighted by Crippen LogP contribution is -2.21. The largest absolute Gasteiger partial charge is 0.493 e. The Bertz CT molecular complexity index is 658. The van der Waals surface area contributed by atoms with E-state index < -0.39 is 0 Å². The highest BCUT2D eigenvalue weighted by molar-refractivity contribution is 5.93. The van der Waals surface area contributed by atoms with E-state index in [2.05, 4.69) is 30.5 Å². The van der Waals surface area contributed by atoms with Crippen molar-refractivity contribution in [3.63, 3.8) is 0 Å². The summed E-state index contributed by atoms with van der Waals surface area (Å²) in [6.07, 6.45) is 0. The van der Waals surface area contributed by atoms with Gasteiger partial charge in [-0.1, -0.05) is 19.9 Å². The van der Waals surface area contributed by atoms with Gasteiger partial charge in [0.2, 0.25) is 5.91 Å². The molecule has 24 heavy (non-hydrogen) atoms. The Morgan fingerprint density at radius 3 is 2.21 bits per heavy atom. The second-order valence-corrected chi connectivity index (χ2v) is 6.51. The second-order valence-electron chi connectivity index (χ2n) is 6.51. The van der Waals surface area contributed by atoms with Crippen molar-refractivity contribution in [3.8, 4) is 5.75 Å². The number of carbonyl (C=O) groups excluding carboxylic acids is 1. The van der Waals surface area contributed by atoms with Gasteiger partial charge in [-0.15, -0.1) is 0 Å². The van der Waals surface area contributed by atoms with Crippen molar-refractivity contribution >= 4 is 17.3 Å². The van der Waals surface area contributed by atoms with Crippen molar-refractivity contribution in [3.05, 3.63) is 53.6 Å². The van der Waals surface area contributed by atoms with Crippen LogP contribution in [0.5, 0.6) is 5.75 Å². The fourth-order valence-electron chi connectivity index (χ4n) is 2.37. The standard InChI is InChI=1S/C20H26N2O2/c1-14(2)13-24-19-7-5-17(6-8-19)21-12-20(23)22-18-10-15(3)9-16(4)11-18/h5-11,14,21H,12-13H2,1-4H3,(H,22,23). The molecule has 2 N–H and O–H groups in total. The van der Waals surface area contributed by atoms with Crippen LogP contribution in [-0.4, -0.2) is 19.1 Å². The summed E-state index contributed by atoms with van der Waals surface area (Å²) in [5.41, 5.74) is 3.99. The number of rotatable bonds is 7. The molecule has 2 aromatic carbocycles. The first-order valence-corrected chi connectivity index (χ1v) is 8.27. The van der Waals surface area contributed by atoms with Gasteiger partial charge >= 0.3 is 0 Å². The predicted octanol–water partition coefficient (Wildman–Crippen LogP) is 4.39. The Kier molecular flexibility index (Phi) is 6.24. The normalized spacial score (nSPS) is 10.5. The molecule has 4 heteroatoms. The van der Waals surface area contributed by atoms with Gasteiger partial charge in [0.1, 0.15) is 5.75 Å². The minimum absolute atomic E-state index is 0.0693. The van der Waals surface area contributed by atoms with Gasteiger partial charge in [-0.2, -0.15) is 0 Å². The van der Waals surface area contributed by atoms with Crippen molar-refractivity contribution in [2.45, 2.75) is 27.7 Å². The van der Waals surface area contributed by atoms with Crippen LogP contribution in [0.1, 0.15) is 25.0 Å². The third-order valence-corrected chi connectivity index (χ3v) is 3.40. The van der Waals surface area contributed by atoms with Crippen LogP contribution >= 0.6 is 0 Å². The first-order chi connectivity index (χ1) is 11.4. The average Bonchev–Trinajstić information content (AvgIpc) is 2.51. The van der Waals surface area contributed by atoms with Crippen LogP contribution in [0.15, 0.2) is 42.5 Å². The molecule has 2 rings (SSSR count). The van der Waals surface area contributed by atoms with Crippen LogP contribution < -0.4 is 15.4 Å². The molecule has 0 atom stereocenters. The summed E-state index contributed by atoms with van der Waals surface area (Å²) < 4.78 is 5.64. The number of anilines is 2. The second kappa shape index (κ2) is 8.39. The topological polar surface area (TPSA) is 50.4 Å². The van der Waals surface area contributed by atoms with Crippen molar-refractivity contribution in [1.82, 2.24) is 0 Å². The van der Waals surface area contributed by atoms with Crippen molar-refractivity contribution in [1.29, 1.82) is 0 Å². The van der Waals surface area contributed by atoms with Gasteiger partial charge in [-0.25, -0.2) is 0 Å². The Balaban J connectivity index is 1.83. The highest BCUT2D eigenvalue weighted by Crippen LogP contribution is 2.17. The third-order valence-electron chi connectivity index (χ3n) is 3.40. The first kappa shape index (κ1) is 17.9. The summed E-state index contributed by atoms with van der Waals surface area (Å²) in [6.45, 7) is 9.19. The lowest BCUT2D eigenvalue weighted by atomic mass is 10.1. The molecule has 0 spiro atoms. The maximum Gasteiger partial charge on any atom is 0.243 e. The fraction of sp³-hybridized carbons (Fsp3) is 0.350. The maximum absolute atomic E-state index is 12.1. The number of ether oxygens (including phenoxy) is 1. The highest BCUT2D eigenvalue weighted by atomic mass is 16.5. The Morgan fingerprint density at radius 2 is 1.62 bits per heavy atom. The minimum atomic E-state index is -0.0693. The van der Waals surface area contributed by atoms with Crippen LogP contribution in [0.4, 0.5) is 11.4 Å². The van der Waals surface area contributed by atoms with Crippen LogP contribution in [0.3, 0.4) is 0 Å². The SMILES string of the molecule is Cc1cc(C)cc(NC(=O)CNc2ccc(OCC(C)C)cc2)c1. The summed E-state index contributed by atoms with van der Waals surface area (Å²) in [5.74, 6) is 1.27. The highest BCUT2D eigenvalue weighted by Gasteiger charge is 2.04. The van der Waals surface area contributed by atoms with Gasteiger partial charge in [0.25, 0.3) is 0 Å². The summed E-state index contributed by atoms with van der Waals surface area (Å²) in [7, 11) is 0. The van der Waals surface area contributed by atoms with Gasteiger partial charge in [0, 0.05) is 11.4 Å². The molecule has 0 fully saturated rings. The number of hydrogen-bond acceptors (Lipinski definition) is 3. The predicted molar refractivity (Wildman–Crippen MR) is 99.8 cm³/mol. The molecular formula is C20H26N2O2. The number of benzene rings is 2. The molecule has 0 aliphatic carbocycles. The van der Waals surface area contributed by atoms with E-state index in [1.807, 2.05) is 50.2 Å². The molecule has 128 valence electrons. The number of aryl methyl sites for hydroxylation is 2. The number of amides is 1. The molecule has 0 aliphatic rings. The Labute approximate surface area is 144 Å². The molecule has 0 aliphatic heterocycles. The summed E-state index contributed by atoms with van der Waals surface area (Å²) in [4.78, 5) is 12.1. The smallest absolute Gasteiger partial charge is 0.243 e. The number of nitrogens with one attached hydrogen (secondary N) is 2. The zero-order valence-corrected chi connectivity index (χ0v) is 14.8. The third kappa shape index (κ3) is 5.95. The van der Waals surface area contributed by atoms with Gasteiger partial charge in [0.05, 0.1) is 13.2 Å². The van der Waals surface area contributed by atoms with E-state index in [0.717, 1.165) is 28.3 Å². The molecule has 4 nitrogen and oxygen atoms in total. The number of carbonyl (C=O) groups is 1.